The number of rotatable bonds is 9. The van der Waals surface area contributed by atoms with Gasteiger partial charge in [0.05, 0.1) is 36.1 Å². The molecule has 4 aromatic carbocycles. The molecule has 7 rings (SSSR count). The minimum atomic E-state index is -0.588. The first kappa shape index (κ1) is 34.1. The number of carbonyl (C=O) groups is 4. The lowest BCUT2D eigenvalue weighted by Crippen LogP contribution is -2.39. The van der Waals surface area contributed by atoms with Crippen LogP contribution in [-0.4, -0.2) is 56.5 Å². The van der Waals surface area contributed by atoms with Gasteiger partial charge in [0.25, 0.3) is 23.5 Å². The molecule has 0 aliphatic carbocycles. The molecular formula is C38H31Cl2FN6O4. The number of piperidine rings is 1. The van der Waals surface area contributed by atoms with Crippen LogP contribution in [0.15, 0.2) is 97.2 Å². The first-order valence-corrected chi connectivity index (χ1v) is 17.1. The highest BCUT2D eigenvalue weighted by atomic mass is 35.5. The normalized spacial score (nSPS) is 15.2. The number of carbonyl (C=O) groups excluding carboxylic acids is 4. The third kappa shape index (κ3) is 7.40. The van der Waals surface area contributed by atoms with Crippen LogP contribution >= 0.6 is 23.2 Å². The number of nitrogens with one attached hydrogen (secondary N) is 1. The third-order valence-corrected chi connectivity index (χ3v) is 9.64. The molecule has 0 saturated carbocycles. The number of halogens is 3. The van der Waals surface area contributed by atoms with Crippen molar-refractivity contribution in [1.29, 1.82) is 0 Å². The summed E-state index contributed by atoms with van der Waals surface area (Å²) in [6, 6.07) is 24.0. The van der Waals surface area contributed by atoms with Crippen LogP contribution < -0.4 is 10.2 Å². The SMILES string of the molecule is O=C(NC(Cc1ccc(F)cc1)c1cc(Cl)cc(Cl)c1)c1cccc(C(=O)N2CCC(n3cc(CN4C(=O)C(=O)c5ccccc54)nn3)CC2)c1. The van der Waals surface area contributed by atoms with Crippen molar-refractivity contribution >= 4 is 52.4 Å². The van der Waals surface area contributed by atoms with Crippen molar-refractivity contribution in [2.24, 2.45) is 0 Å². The van der Waals surface area contributed by atoms with Crippen LogP contribution in [0.25, 0.3) is 0 Å². The van der Waals surface area contributed by atoms with E-state index in [0.717, 1.165) is 5.56 Å². The predicted molar refractivity (Wildman–Crippen MR) is 189 cm³/mol. The van der Waals surface area contributed by atoms with E-state index in [1.54, 1.807) is 94.6 Å². The van der Waals surface area contributed by atoms with Gasteiger partial charge >= 0.3 is 0 Å². The number of para-hydroxylation sites is 1. The van der Waals surface area contributed by atoms with E-state index in [2.05, 4.69) is 15.6 Å². The van der Waals surface area contributed by atoms with Gasteiger partial charge in [-0.2, -0.15) is 0 Å². The van der Waals surface area contributed by atoms with Gasteiger partial charge in [-0.25, -0.2) is 9.07 Å². The summed E-state index contributed by atoms with van der Waals surface area (Å²) >= 11 is 12.6. The third-order valence-electron chi connectivity index (χ3n) is 9.20. The van der Waals surface area contributed by atoms with Crippen LogP contribution in [0.4, 0.5) is 10.1 Å². The number of hydrogen-bond donors (Lipinski definition) is 1. The van der Waals surface area contributed by atoms with Gasteiger partial charge in [0.15, 0.2) is 0 Å². The summed E-state index contributed by atoms with van der Waals surface area (Å²) in [4.78, 5) is 55.3. The molecule has 2 aliphatic heterocycles. The second-order valence-corrected chi connectivity index (χ2v) is 13.5. The highest BCUT2D eigenvalue weighted by Crippen LogP contribution is 2.31. The second-order valence-electron chi connectivity index (χ2n) is 12.6. The monoisotopic (exact) mass is 724 g/mol. The van der Waals surface area contributed by atoms with Crippen molar-refractivity contribution in [3.63, 3.8) is 0 Å². The fourth-order valence-corrected chi connectivity index (χ4v) is 7.11. The van der Waals surface area contributed by atoms with E-state index in [1.165, 1.54) is 17.0 Å². The Morgan fingerprint density at radius 1 is 0.882 bits per heavy atom. The van der Waals surface area contributed by atoms with E-state index in [9.17, 15) is 23.6 Å². The van der Waals surface area contributed by atoms with Crippen LogP contribution in [0.2, 0.25) is 10.0 Å². The van der Waals surface area contributed by atoms with Crippen LogP contribution in [0, 0.1) is 5.82 Å². The predicted octanol–water partition coefficient (Wildman–Crippen LogP) is 6.64. The van der Waals surface area contributed by atoms with Gasteiger partial charge in [0.2, 0.25) is 0 Å². The fourth-order valence-electron chi connectivity index (χ4n) is 6.57. The molecule has 13 heteroatoms. The summed E-state index contributed by atoms with van der Waals surface area (Å²) in [6.45, 7) is 1.07. The Balaban J connectivity index is 0.989. The molecule has 3 heterocycles. The second kappa shape index (κ2) is 14.5. The smallest absolute Gasteiger partial charge is 0.299 e. The molecule has 1 unspecified atom stereocenters. The van der Waals surface area contributed by atoms with Crippen LogP contribution in [0.5, 0.6) is 0 Å². The molecular weight excluding hydrogens is 694 g/mol. The average Bonchev–Trinajstić information content (AvgIpc) is 3.70. The summed E-state index contributed by atoms with van der Waals surface area (Å²) in [7, 11) is 0. The molecule has 5 aromatic rings. The maximum absolute atomic E-state index is 13.6. The molecule has 1 fully saturated rings. The Hall–Kier alpha value is -5.39. The quantitative estimate of drug-likeness (QED) is 0.170. The zero-order chi connectivity index (χ0) is 35.6. The minimum Gasteiger partial charge on any atom is -0.345 e. The molecule has 3 amide bonds. The van der Waals surface area contributed by atoms with Gasteiger partial charge in [-0.15, -0.1) is 5.10 Å². The Bertz CT molecular complexity index is 2130. The number of fused-ring (bicyclic) bond motifs is 1. The lowest BCUT2D eigenvalue weighted by molar-refractivity contribution is -0.114. The maximum Gasteiger partial charge on any atom is 0.299 e. The van der Waals surface area contributed by atoms with Crippen molar-refractivity contribution in [2.75, 3.05) is 18.0 Å². The largest absolute Gasteiger partial charge is 0.345 e. The highest BCUT2D eigenvalue weighted by molar-refractivity contribution is 6.52. The van der Waals surface area contributed by atoms with Crippen molar-refractivity contribution in [3.8, 4) is 0 Å². The standard InChI is InChI=1S/C38H31Cl2FN6O4/c39-27-18-26(19-28(40)20-27)33(16-23-8-10-29(41)11-9-23)42-36(49)24-4-3-5-25(17-24)37(50)45-14-12-31(13-15-45)47-22-30(43-44-47)21-46-34-7-2-1-6-32(34)35(48)38(46)51/h1-11,17-20,22,31,33H,12-16,21H2,(H,42,49). The summed E-state index contributed by atoms with van der Waals surface area (Å²) in [6.07, 6.45) is 3.40. The van der Waals surface area contributed by atoms with E-state index < -0.39 is 23.6 Å². The molecule has 1 saturated heterocycles. The Kier molecular flexibility index (Phi) is 9.66. The molecule has 2 aliphatic rings. The van der Waals surface area contributed by atoms with E-state index in [4.69, 9.17) is 23.2 Å². The number of aromatic nitrogens is 3. The lowest BCUT2D eigenvalue weighted by Gasteiger charge is -2.32. The first-order chi connectivity index (χ1) is 24.6. The molecule has 0 bridgehead atoms. The van der Waals surface area contributed by atoms with Crippen molar-refractivity contribution in [2.45, 2.75) is 37.9 Å². The maximum atomic E-state index is 13.6. The van der Waals surface area contributed by atoms with Crippen LogP contribution in [0.3, 0.4) is 0 Å². The number of Topliss-reactive ketones (excluding diaryl/α,β-unsaturated/α-hetero) is 1. The van der Waals surface area contributed by atoms with Gasteiger partial charge < -0.3 is 10.2 Å². The number of benzene rings is 4. The van der Waals surface area contributed by atoms with E-state index in [1.807, 2.05) is 0 Å². The molecule has 1 aromatic heterocycles. The minimum absolute atomic E-state index is 0.00589. The van der Waals surface area contributed by atoms with Gasteiger partial charge in [-0.1, -0.05) is 58.7 Å². The number of anilines is 1. The lowest BCUT2D eigenvalue weighted by atomic mass is 9.98. The molecule has 0 radical (unpaired) electrons. The van der Waals surface area contributed by atoms with Gasteiger partial charge in [-0.05, 0) is 91.1 Å². The Labute approximate surface area is 302 Å². The molecule has 258 valence electrons. The zero-order valence-electron chi connectivity index (χ0n) is 27.1. The topological polar surface area (TPSA) is 118 Å². The average molecular weight is 726 g/mol. The Morgan fingerprint density at radius 3 is 2.33 bits per heavy atom. The van der Waals surface area contributed by atoms with Crippen LogP contribution in [-0.2, 0) is 17.8 Å². The van der Waals surface area contributed by atoms with Crippen molar-refractivity contribution in [3.05, 3.63) is 147 Å². The summed E-state index contributed by atoms with van der Waals surface area (Å²) < 4.78 is 15.3. The number of ketones is 1. The van der Waals surface area contributed by atoms with E-state index in [0.29, 0.717) is 76.0 Å². The van der Waals surface area contributed by atoms with E-state index >= 15 is 0 Å². The molecule has 51 heavy (non-hydrogen) atoms. The number of amides is 3. The number of likely N-dealkylation sites (tertiary alicyclic amines) is 1. The van der Waals surface area contributed by atoms with E-state index in [-0.39, 0.29) is 24.3 Å². The Morgan fingerprint density at radius 2 is 1.59 bits per heavy atom. The molecule has 1 atom stereocenters. The number of hydrogen-bond acceptors (Lipinski definition) is 6. The first-order valence-electron chi connectivity index (χ1n) is 16.4. The zero-order valence-corrected chi connectivity index (χ0v) is 28.6. The molecule has 10 nitrogen and oxygen atoms in total. The molecule has 0 spiro atoms. The van der Waals surface area contributed by atoms with Gasteiger partial charge in [-0.3, -0.25) is 24.1 Å². The summed E-state index contributed by atoms with van der Waals surface area (Å²) in [5.41, 5.74) is 3.68. The van der Waals surface area contributed by atoms with Gasteiger partial charge in [0, 0.05) is 34.3 Å². The summed E-state index contributed by atoms with van der Waals surface area (Å²) in [5, 5.41) is 12.4. The van der Waals surface area contributed by atoms with Crippen molar-refractivity contribution < 1.29 is 23.6 Å². The van der Waals surface area contributed by atoms with Gasteiger partial charge in [0.1, 0.15) is 11.5 Å². The molecule has 1 N–H and O–H groups in total. The van der Waals surface area contributed by atoms with Crippen LogP contribution in [0.1, 0.15) is 72.8 Å². The fraction of sp³-hybridized carbons (Fsp3) is 0.211. The van der Waals surface area contributed by atoms with Crippen molar-refractivity contribution in [1.82, 2.24) is 25.2 Å². The summed E-state index contributed by atoms with van der Waals surface area (Å²) in [5.74, 6) is -2.06. The highest BCUT2D eigenvalue weighted by Gasteiger charge is 2.36. The number of nitrogens with zero attached hydrogens (tertiary/aromatic N) is 5.